The van der Waals surface area contributed by atoms with Crippen LogP contribution in [-0.2, 0) is 14.8 Å². The summed E-state index contributed by atoms with van der Waals surface area (Å²) in [6.45, 7) is 0.438. The van der Waals surface area contributed by atoms with E-state index in [1.807, 2.05) is 12.2 Å². The van der Waals surface area contributed by atoms with Crippen molar-refractivity contribution in [3.05, 3.63) is 36.4 Å². The number of allylic oxidation sites excluding steroid dienone is 1. The minimum atomic E-state index is -4.02. The van der Waals surface area contributed by atoms with Crippen LogP contribution in [0.1, 0.15) is 32.1 Å². The molecule has 0 aromatic heterocycles. The van der Waals surface area contributed by atoms with Crippen LogP contribution in [0.5, 0.6) is 5.75 Å². The molecule has 2 atom stereocenters. The Labute approximate surface area is 142 Å². The first-order valence-corrected chi connectivity index (χ1v) is 9.66. The molecule has 1 aliphatic carbocycles. The SMILES string of the molecule is N[C@]12C[C@@H]1/C=C\CCCCCOc1ccccc1S(=O)(=O)NC2=O. The maximum atomic E-state index is 12.6. The van der Waals surface area contributed by atoms with Gasteiger partial charge in [0.15, 0.2) is 0 Å². The molecule has 1 aromatic rings. The van der Waals surface area contributed by atoms with E-state index in [4.69, 9.17) is 10.5 Å². The quantitative estimate of drug-likeness (QED) is 0.694. The van der Waals surface area contributed by atoms with Crippen LogP contribution in [0.2, 0.25) is 0 Å². The summed E-state index contributed by atoms with van der Waals surface area (Å²) in [6.07, 6.45) is 8.20. The number of ether oxygens (including phenoxy) is 1. The van der Waals surface area contributed by atoms with Gasteiger partial charge in [-0.3, -0.25) is 4.79 Å². The first kappa shape index (κ1) is 17.0. The molecule has 0 unspecified atom stereocenters. The highest BCUT2D eigenvalue weighted by Gasteiger charge is 2.56. The Bertz CT molecular complexity index is 760. The van der Waals surface area contributed by atoms with E-state index in [2.05, 4.69) is 4.72 Å². The lowest BCUT2D eigenvalue weighted by Gasteiger charge is -2.15. The van der Waals surface area contributed by atoms with Gasteiger partial charge in [0, 0.05) is 5.92 Å². The zero-order valence-electron chi connectivity index (χ0n) is 13.4. The number of fused-ring (bicyclic) bond motifs is 2. The third-order valence-electron chi connectivity index (χ3n) is 4.49. The second-order valence-electron chi connectivity index (χ2n) is 6.36. The molecular formula is C17H22N2O4S. The lowest BCUT2D eigenvalue weighted by atomic mass is 10.1. The zero-order chi connectivity index (χ0) is 17.2. The molecule has 24 heavy (non-hydrogen) atoms. The Kier molecular flexibility index (Phi) is 4.64. The number of carbonyl (C=O) groups excluding carboxylic acids is 1. The normalized spacial score (nSPS) is 31.2. The first-order valence-electron chi connectivity index (χ1n) is 8.18. The highest BCUT2D eigenvalue weighted by molar-refractivity contribution is 7.90. The number of para-hydroxylation sites is 1. The molecule has 1 aliphatic heterocycles. The van der Waals surface area contributed by atoms with Gasteiger partial charge in [-0.15, -0.1) is 0 Å². The van der Waals surface area contributed by atoms with E-state index in [0.29, 0.717) is 13.0 Å². The van der Waals surface area contributed by atoms with Crippen LogP contribution in [0.3, 0.4) is 0 Å². The molecule has 130 valence electrons. The monoisotopic (exact) mass is 350 g/mol. The predicted molar refractivity (Wildman–Crippen MR) is 89.9 cm³/mol. The molecule has 7 heteroatoms. The molecule has 1 amide bonds. The van der Waals surface area contributed by atoms with Crippen LogP contribution in [0.25, 0.3) is 0 Å². The van der Waals surface area contributed by atoms with Gasteiger partial charge in [-0.1, -0.05) is 24.3 Å². The Balaban J connectivity index is 1.89. The largest absolute Gasteiger partial charge is 0.492 e. The minimum Gasteiger partial charge on any atom is -0.492 e. The van der Waals surface area contributed by atoms with Crippen LogP contribution in [-0.4, -0.2) is 26.5 Å². The van der Waals surface area contributed by atoms with E-state index in [9.17, 15) is 13.2 Å². The van der Waals surface area contributed by atoms with E-state index in [-0.39, 0.29) is 16.6 Å². The average molecular weight is 350 g/mol. The van der Waals surface area contributed by atoms with Crippen molar-refractivity contribution in [2.24, 2.45) is 11.7 Å². The lowest BCUT2D eigenvalue weighted by molar-refractivity contribution is -0.121. The van der Waals surface area contributed by atoms with Crippen LogP contribution in [0.15, 0.2) is 41.3 Å². The van der Waals surface area contributed by atoms with Crippen molar-refractivity contribution in [1.29, 1.82) is 0 Å². The Morgan fingerprint density at radius 2 is 2.00 bits per heavy atom. The molecule has 1 heterocycles. The van der Waals surface area contributed by atoms with Crippen molar-refractivity contribution in [3.8, 4) is 5.75 Å². The maximum absolute atomic E-state index is 12.6. The number of nitrogens with one attached hydrogen (secondary N) is 1. The van der Waals surface area contributed by atoms with Crippen molar-refractivity contribution in [2.45, 2.75) is 42.5 Å². The Hall–Kier alpha value is -1.86. The third kappa shape index (κ3) is 3.47. The topological polar surface area (TPSA) is 98.5 Å². The molecule has 3 rings (SSSR count). The molecule has 0 radical (unpaired) electrons. The Morgan fingerprint density at radius 3 is 2.83 bits per heavy atom. The van der Waals surface area contributed by atoms with Gasteiger partial charge >= 0.3 is 0 Å². The second-order valence-corrected chi connectivity index (χ2v) is 8.01. The highest BCUT2D eigenvalue weighted by Crippen LogP contribution is 2.42. The molecule has 0 spiro atoms. The van der Waals surface area contributed by atoms with Crippen LogP contribution in [0.4, 0.5) is 0 Å². The fourth-order valence-electron chi connectivity index (χ4n) is 2.85. The minimum absolute atomic E-state index is 0.0374. The summed E-state index contributed by atoms with van der Waals surface area (Å²) < 4.78 is 32.8. The molecule has 1 saturated carbocycles. The number of hydrogen-bond acceptors (Lipinski definition) is 5. The van der Waals surface area contributed by atoms with Gasteiger partial charge in [-0.2, -0.15) is 0 Å². The van der Waals surface area contributed by atoms with Gasteiger partial charge in [-0.05, 0) is 44.2 Å². The van der Waals surface area contributed by atoms with Crippen LogP contribution >= 0.6 is 0 Å². The van der Waals surface area contributed by atoms with E-state index in [0.717, 1.165) is 25.7 Å². The van der Waals surface area contributed by atoms with Crippen molar-refractivity contribution < 1.29 is 17.9 Å². The number of benzene rings is 1. The molecule has 6 nitrogen and oxygen atoms in total. The van der Waals surface area contributed by atoms with Gasteiger partial charge in [0.2, 0.25) is 0 Å². The van der Waals surface area contributed by atoms with E-state index < -0.39 is 21.5 Å². The third-order valence-corrected chi connectivity index (χ3v) is 5.86. The molecule has 0 bridgehead atoms. The summed E-state index contributed by atoms with van der Waals surface area (Å²) in [5.41, 5.74) is 4.92. The van der Waals surface area contributed by atoms with E-state index >= 15 is 0 Å². The average Bonchev–Trinajstić information content (AvgIpc) is 3.21. The number of nitrogens with two attached hydrogens (primary N) is 1. The van der Waals surface area contributed by atoms with Crippen molar-refractivity contribution in [3.63, 3.8) is 0 Å². The number of sulfonamides is 1. The zero-order valence-corrected chi connectivity index (χ0v) is 14.2. The predicted octanol–water partition coefficient (Wildman–Crippen LogP) is 1.72. The van der Waals surface area contributed by atoms with Crippen molar-refractivity contribution in [1.82, 2.24) is 4.72 Å². The summed E-state index contributed by atoms with van der Waals surface area (Å²) in [5.74, 6) is -0.518. The number of rotatable bonds is 0. The first-order chi connectivity index (χ1) is 11.4. The van der Waals surface area contributed by atoms with Crippen LogP contribution in [0, 0.1) is 5.92 Å². The van der Waals surface area contributed by atoms with Crippen LogP contribution < -0.4 is 15.2 Å². The maximum Gasteiger partial charge on any atom is 0.267 e. The number of hydrogen-bond donors (Lipinski definition) is 2. The molecular weight excluding hydrogens is 328 g/mol. The van der Waals surface area contributed by atoms with Gasteiger partial charge in [-0.25, -0.2) is 13.1 Å². The smallest absolute Gasteiger partial charge is 0.267 e. The van der Waals surface area contributed by atoms with Gasteiger partial charge < -0.3 is 10.5 Å². The van der Waals surface area contributed by atoms with Gasteiger partial charge in [0.1, 0.15) is 16.2 Å². The summed E-state index contributed by atoms with van der Waals surface area (Å²) >= 11 is 0. The van der Waals surface area contributed by atoms with Gasteiger partial charge in [0.05, 0.1) is 6.61 Å². The molecule has 0 saturated heterocycles. The van der Waals surface area contributed by atoms with Crippen molar-refractivity contribution >= 4 is 15.9 Å². The number of amides is 1. The number of carbonyl (C=O) groups is 1. The summed E-state index contributed by atoms with van der Waals surface area (Å²) in [7, 11) is -4.02. The molecule has 1 aromatic carbocycles. The second kappa shape index (κ2) is 6.57. The standard InChI is InChI=1S/C17H22N2O4S/c18-17-12-13(17)8-4-2-1-3-7-11-23-14-9-5-6-10-15(14)24(21,22)19-16(17)20/h4-6,8-10,13H,1-3,7,11-12,18H2,(H,19,20)/b8-4-/t13-,17+/m0/s1. The fraction of sp³-hybridized carbons (Fsp3) is 0.471. The van der Waals surface area contributed by atoms with Gasteiger partial charge in [0.25, 0.3) is 15.9 Å². The summed E-state index contributed by atoms with van der Waals surface area (Å²) in [4.78, 5) is 12.3. The van der Waals surface area contributed by atoms with E-state index in [1.165, 1.54) is 6.07 Å². The molecule has 3 N–H and O–H groups in total. The Morgan fingerprint density at radius 1 is 1.21 bits per heavy atom. The molecule has 2 aliphatic rings. The molecule has 1 fully saturated rings. The van der Waals surface area contributed by atoms with E-state index in [1.54, 1.807) is 18.2 Å². The lowest BCUT2D eigenvalue weighted by Crippen LogP contribution is -2.46. The highest BCUT2D eigenvalue weighted by atomic mass is 32.2. The fourth-order valence-corrected chi connectivity index (χ4v) is 4.05. The van der Waals surface area contributed by atoms with Crippen molar-refractivity contribution in [2.75, 3.05) is 6.61 Å². The summed E-state index contributed by atoms with van der Waals surface area (Å²) in [5, 5.41) is 0. The summed E-state index contributed by atoms with van der Waals surface area (Å²) in [6, 6.07) is 6.32.